The molecule has 0 aliphatic heterocycles. The largest absolute Gasteiger partial charge is 0.461 e. The summed E-state index contributed by atoms with van der Waals surface area (Å²) in [6, 6.07) is 3.70. The van der Waals surface area contributed by atoms with Gasteiger partial charge in [-0.2, -0.15) is 0 Å². The van der Waals surface area contributed by atoms with Crippen LogP contribution >= 0.6 is 11.8 Å². The Hall–Kier alpha value is -1.76. The van der Waals surface area contributed by atoms with Crippen molar-refractivity contribution in [2.45, 2.75) is 51.7 Å². The molecule has 132 valence electrons. The van der Waals surface area contributed by atoms with Gasteiger partial charge in [-0.25, -0.2) is 0 Å². The molecule has 0 aliphatic rings. The van der Waals surface area contributed by atoms with Gasteiger partial charge >= 0.3 is 0 Å². The van der Waals surface area contributed by atoms with Crippen LogP contribution in [0.15, 0.2) is 28.0 Å². The predicted molar refractivity (Wildman–Crippen MR) is 95.8 cm³/mol. The first-order valence-electron chi connectivity index (χ1n) is 8.48. The SMILES string of the molecule is CCCCCNC(=O)CSc1nnc(-c2ccco2)n1CC(C)C. The summed E-state index contributed by atoms with van der Waals surface area (Å²) in [5, 5.41) is 12.2. The minimum Gasteiger partial charge on any atom is -0.461 e. The van der Waals surface area contributed by atoms with Crippen LogP contribution in [0.4, 0.5) is 0 Å². The van der Waals surface area contributed by atoms with E-state index in [0.29, 0.717) is 23.3 Å². The van der Waals surface area contributed by atoms with Crippen LogP contribution in [-0.4, -0.2) is 33.0 Å². The normalized spacial score (nSPS) is 11.2. The first-order chi connectivity index (χ1) is 11.6. The van der Waals surface area contributed by atoms with E-state index in [1.54, 1.807) is 6.26 Å². The molecule has 0 radical (unpaired) electrons. The van der Waals surface area contributed by atoms with E-state index < -0.39 is 0 Å². The smallest absolute Gasteiger partial charge is 0.230 e. The molecule has 0 bridgehead atoms. The van der Waals surface area contributed by atoms with Gasteiger partial charge in [0.05, 0.1) is 12.0 Å². The van der Waals surface area contributed by atoms with Crippen LogP contribution in [0.2, 0.25) is 0 Å². The first kappa shape index (κ1) is 18.6. The average molecular weight is 350 g/mol. The maximum atomic E-state index is 11.9. The van der Waals surface area contributed by atoms with Gasteiger partial charge in [-0.05, 0) is 24.5 Å². The van der Waals surface area contributed by atoms with Crippen molar-refractivity contribution < 1.29 is 9.21 Å². The molecule has 24 heavy (non-hydrogen) atoms. The van der Waals surface area contributed by atoms with E-state index >= 15 is 0 Å². The molecule has 2 heterocycles. The molecule has 6 nitrogen and oxygen atoms in total. The molecule has 0 unspecified atom stereocenters. The third-order valence-corrected chi connectivity index (χ3v) is 4.41. The van der Waals surface area contributed by atoms with Crippen LogP contribution in [0.25, 0.3) is 11.6 Å². The number of carbonyl (C=O) groups excluding carboxylic acids is 1. The van der Waals surface area contributed by atoms with Crippen molar-refractivity contribution in [2.24, 2.45) is 5.92 Å². The van der Waals surface area contributed by atoms with Crippen LogP contribution in [0.1, 0.15) is 40.0 Å². The fraction of sp³-hybridized carbons (Fsp3) is 0.588. The molecule has 0 atom stereocenters. The molecule has 1 N–H and O–H groups in total. The molecular formula is C17H26N4O2S. The van der Waals surface area contributed by atoms with Gasteiger partial charge in [0.15, 0.2) is 16.7 Å². The number of thioether (sulfide) groups is 1. The predicted octanol–water partition coefficient (Wildman–Crippen LogP) is 3.59. The number of rotatable bonds is 10. The van der Waals surface area contributed by atoms with Gasteiger partial charge in [0.1, 0.15) is 0 Å². The second-order valence-corrected chi connectivity index (χ2v) is 7.08. The van der Waals surface area contributed by atoms with E-state index in [1.165, 1.54) is 11.8 Å². The standard InChI is InChI=1S/C17H26N4O2S/c1-4-5-6-9-18-15(22)12-24-17-20-19-16(14-8-7-10-23-14)21(17)11-13(2)3/h7-8,10,13H,4-6,9,11-12H2,1-3H3,(H,18,22). The zero-order valence-electron chi connectivity index (χ0n) is 14.6. The lowest BCUT2D eigenvalue weighted by Gasteiger charge is -2.11. The molecule has 0 fully saturated rings. The van der Waals surface area contributed by atoms with Gasteiger partial charge < -0.3 is 9.73 Å². The quantitative estimate of drug-likeness (QED) is 0.523. The number of aromatic nitrogens is 3. The average Bonchev–Trinajstić information content (AvgIpc) is 3.19. The van der Waals surface area contributed by atoms with Gasteiger partial charge in [-0.3, -0.25) is 9.36 Å². The third-order valence-electron chi connectivity index (χ3n) is 3.44. The summed E-state index contributed by atoms with van der Waals surface area (Å²) in [6.07, 6.45) is 4.94. The lowest BCUT2D eigenvalue weighted by molar-refractivity contribution is -0.118. The molecular weight excluding hydrogens is 324 g/mol. The molecule has 1 amide bonds. The Labute approximate surface area is 147 Å². The summed E-state index contributed by atoms with van der Waals surface area (Å²) in [5.74, 6) is 2.23. The number of carbonyl (C=O) groups is 1. The Kier molecular flexibility index (Phi) is 7.36. The molecule has 7 heteroatoms. The van der Waals surface area contributed by atoms with Gasteiger partial charge in [-0.1, -0.05) is 45.4 Å². The fourth-order valence-corrected chi connectivity index (χ4v) is 3.07. The summed E-state index contributed by atoms with van der Waals surface area (Å²) < 4.78 is 7.47. The Bertz CT molecular complexity index is 623. The van der Waals surface area contributed by atoms with Crippen LogP contribution in [0, 0.1) is 5.92 Å². The fourth-order valence-electron chi connectivity index (χ4n) is 2.30. The van der Waals surface area contributed by atoms with Crippen molar-refractivity contribution in [1.29, 1.82) is 0 Å². The number of hydrogen-bond acceptors (Lipinski definition) is 5. The van der Waals surface area contributed by atoms with Crippen molar-refractivity contribution in [1.82, 2.24) is 20.1 Å². The van der Waals surface area contributed by atoms with Crippen molar-refractivity contribution in [3.8, 4) is 11.6 Å². The summed E-state index contributed by atoms with van der Waals surface area (Å²) in [5.41, 5.74) is 0. The van der Waals surface area contributed by atoms with Gasteiger partial charge in [0.25, 0.3) is 0 Å². The number of nitrogens with zero attached hydrogens (tertiary/aromatic N) is 3. The molecule has 2 aromatic rings. The lowest BCUT2D eigenvalue weighted by atomic mass is 10.2. The molecule has 0 aromatic carbocycles. The maximum Gasteiger partial charge on any atom is 0.230 e. The highest BCUT2D eigenvalue weighted by atomic mass is 32.2. The monoisotopic (exact) mass is 350 g/mol. The van der Waals surface area contributed by atoms with E-state index in [4.69, 9.17) is 4.42 Å². The van der Waals surface area contributed by atoms with Gasteiger partial charge in [-0.15, -0.1) is 10.2 Å². The number of amides is 1. The van der Waals surface area contributed by atoms with E-state index in [-0.39, 0.29) is 5.91 Å². The maximum absolute atomic E-state index is 11.9. The minimum atomic E-state index is 0.0368. The van der Waals surface area contributed by atoms with Crippen molar-refractivity contribution in [3.05, 3.63) is 18.4 Å². The topological polar surface area (TPSA) is 73.0 Å². The first-order valence-corrected chi connectivity index (χ1v) is 9.47. The van der Waals surface area contributed by atoms with Crippen molar-refractivity contribution in [2.75, 3.05) is 12.3 Å². The van der Waals surface area contributed by atoms with Crippen molar-refractivity contribution >= 4 is 17.7 Å². The second kappa shape index (κ2) is 9.52. The number of nitrogens with one attached hydrogen (secondary N) is 1. The summed E-state index contributed by atoms with van der Waals surface area (Å²) in [6.45, 7) is 7.95. The summed E-state index contributed by atoms with van der Waals surface area (Å²) in [7, 11) is 0. The molecule has 2 rings (SSSR count). The highest BCUT2D eigenvalue weighted by Crippen LogP contribution is 2.25. The second-order valence-electron chi connectivity index (χ2n) is 6.13. The van der Waals surface area contributed by atoms with Crippen LogP contribution in [-0.2, 0) is 11.3 Å². The molecule has 2 aromatic heterocycles. The third kappa shape index (κ3) is 5.40. The van der Waals surface area contributed by atoms with Gasteiger partial charge in [0.2, 0.25) is 5.91 Å². The van der Waals surface area contributed by atoms with E-state index in [1.807, 2.05) is 16.7 Å². The number of furan rings is 1. The Morgan fingerprint density at radius 3 is 2.88 bits per heavy atom. The van der Waals surface area contributed by atoms with E-state index in [0.717, 1.165) is 37.5 Å². The van der Waals surface area contributed by atoms with Crippen molar-refractivity contribution in [3.63, 3.8) is 0 Å². The van der Waals surface area contributed by atoms with Crippen LogP contribution in [0.3, 0.4) is 0 Å². The van der Waals surface area contributed by atoms with Crippen LogP contribution in [0.5, 0.6) is 0 Å². The molecule has 0 saturated carbocycles. The van der Waals surface area contributed by atoms with Gasteiger partial charge in [0, 0.05) is 13.1 Å². The molecule has 0 aliphatic carbocycles. The highest BCUT2D eigenvalue weighted by Gasteiger charge is 2.18. The zero-order valence-corrected chi connectivity index (χ0v) is 15.4. The summed E-state index contributed by atoms with van der Waals surface area (Å²) in [4.78, 5) is 11.9. The number of hydrogen-bond donors (Lipinski definition) is 1. The lowest BCUT2D eigenvalue weighted by Crippen LogP contribution is -2.26. The zero-order chi connectivity index (χ0) is 17.4. The molecule has 0 saturated heterocycles. The number of unbranched alkanes of at least 4 members (excludes halogenated alkanes) is 2. The molecule has 0 spiro atoms. The Morgan fingerprint density at radius 1 is 1.38 bits per heavy atom. The summed E-state index contributed by atoms with van der Waals surface area (Å²) >= 11 is 1.41. The highest BCUT2D eigenvalue weighted by molar-refractivity contribution is 7.99. The Morgan fingerprint density at radius 2 is 2.21 bits per heavy atom. The van der Waals surface area contributed by atoms with E-state index in [2.05, 4.69) is 36.3 Å². The minimum absolute atomic E-state index is 0.0368. The van der Waals surface area contributed by atoms with Crippen LogP contribution < -0.4 is 5.32 Å². The van der Waals surface area contributed by atoms with E-state index in [9.17, 15) is 4.79 Å². The Balaban J connectivity index is 1.98.